The molecule has 186 valence electrons. The molecule has 7 nitrogen and oxygen atoms in total. The van der Waals surface area contributed by atoms with Gasteiger partial charge in [0.15, 0.2) is 5.65 Å². The first-order valence-corrected chi connectivity index (χ1v) is 13.5. The van der Waals surface area contributed by atoms with Gasteiger partial charge in [-0.1, -0.05) is 50.4 Å². The zero-order valence-electron chi connectivity index (χ0n) is 20.6. The van der Waals surface area contributed by atoms with Crippen molar-refractivity contribution in [3.8, 4) is 5.69 Å². The largest absolute Gasteiger partial charge is 0.367 e. The van der Waals surface area contributed by atoms with Crippen molar-refractivity contribution < 1.29 is 4.79 Å². The van der Waals surface area contributed by atoms with Crippen LogP contribution in [0.15, 0.2) is 30.5 Å². The van der Waals surface area contributed by atoms with Crippen molar-refractivity contribution in [2.24, 2.45) is 5.92 Å². The van der Waals surface area contributed by atoms with Crippen molar-refractivity contribution >= 4 is 34.4 Å². The maximum atomic E-state index is 12.5. The predicted molar refractivity (Wildman–Crippen MR) is 140 cm³/mol. The molecule has 0 saturated heterocycles. The first-order chi connectivity index (χ1) is 17.0. The van der Waals surface area contributed by atoms with E-state index in [4.69, 9.17) is 21.6 Å². The summed E-state index contributed by atoms with van der Waals surface area (Å²) in [5.74, 6) is 2.38. The maximum Gasteiger partial charge on any atom is 0.223 e. The van der Waals surface area contributed by atoms with E-state index in [1.165, 1.54) is 12.8 Å². The summed E-state index contributed by atoms with van der Waals surface area (Å²) in [6.07, 6.45) is 11.2. The number of halogens is 1. The lowest BCUT2D eigenvalue weighted by molar-refractivity contribution is -0.125. The fourth-order valence-electron chi connectivity index (χ4n) is 5.32. The van der Waals surface area contributed by atoms with E-state index in [9.17, 15) is 4.79 Å². The average molecular weight is 495 g/mol. The summed E-state index contributed by atoms with van der Waals surface area (Å²) < 4.78 is 1.81. The number of rotatable bonds is 7. The Labute approximate surface area is 212 Å². The van der Waals surface area contributed by atoms with Crippen LogP contribution in [0.5, 0.6) is 0 Å². The quantitative estimate of drug-likeness (QED) is 0.420. The molecule has 2 heterocycles. The van der Waals surface area contributed by atoms with Crippen LogP contribution < -0.4 is 10.6 Å². The van der Waals surface area contributed by atoms with E-state index in [0.717, 1.165) is 73.3 Å². The van der Waals surface area contributed by atoms with Crippen molar-refractivity contribution in [3.63, 3.8) is 0 Å². The minimum absolute atomic E-state index is 0.230. The third-order valence-corrected chi connectivity index (χ3v) is 8.04. The summed E-state index contributed by atoms with van der Waals surface area (Å²) in [6.45, 7) is 4.30. The van der Waals surface area contributed by atoms with Crippen molar-refractivity contribution in [2.45, 2.75) is 89.6 Å². The van der Waals surface area contributed by atoms with Gasteiger partial charge in [0.25, 0.3) is 0 Å². The van der Waals surface area contributed by atoms with Gasteiger partial charge in [0.05, 0.1) is 22.3 Å². The molecule has 2 fully saturated rings. The molecule has 0 spiro atoms. The number of nitrogens with zero attached hydrogens (tertiary/aromatic N) is 4. The lowest BCUT2D eigenvalue weighted by Gasteiger charge is -2.31. The fourth-order valence-corrected chi connectivity index (χ4v) is 5.54. The molecule has 2 aliphatic carbocycles. The minimum atomic E-state index is 0.230. The number of anilines is 1. The summed E-state index contributed by atoms with van der Waals surface area (Å²) in [4.78, 5) is 22.4. The number of para-hydroxylation sites is 1. The summed E-state index contributed by atoms with van der Waals surface area (Å²) in [6, 6.07) is 8.27. The van der Waals surface area contributed by atoms with Gasteiger partial charge in [-0.25, -0.2) is 14.6 Å². The zero-order valence-corrected chi connectivity index (χ0v) is 21.4. The summed E-state index contributed by atoms with van der Waals surface area (Å²) in [7, 11) is 0. The van der Waals surface area contributed by atoms with E-state index in [0.29, 0.717) is 11.1 Å². The van der Waals surface area contributed by atoms with E-state index in [-0.39, 0.29) is 23.8 Å². The maximum absolute atomic E-state index is 12.5. The molecule has 0 bridgehead atoms. The van der Waals surface area contributed by atoms with Crippen LogP contribution in [0, 0.1) is 5.92 Å². The predicted octanol–water partition coefficient (Wildman–Crippen LogP) is 6.01. The summed E-state index contributed by atoms with van der Waals surface area (Å²) in [5.41, 5.74) is 1.57. The Morgan fingerprint density at radius 1 is 1.09 bits per heavy atom. The molecule has 1 atom stereocenters. The molecule has 5 rings (SSSR count). The van der Waals surface area contributed by atoms with Gasteiger partial charge >= 0.3 is 0 Å². The molecule has 1 aromatic carbocycles. The molecule has 2 aromatic heterocycles. The Kier molecular flexibility index (Phi) is 7.23. The summed E-state index contributed by atoms with van der Waals surface area (Å²) >= 11 is 6.48. The number of hydrogen-bond acceptors (Lipinski definition) is 5. The highest BCUT2D eigenvalue weighted by atomic mass is 35.5. The first kappa shape index (κ1) is 24.0. The van der Waals surface area contributed by atoms with Crippen LogP contribution in [0.2, 0.25) is 5.02 Å². The highest BCUT2D eigenvalue weighted by Crippen LogP contribution is 2.31. The third kappa shape index (κ3) is 5.15. The number of hydrogen-bond donors (Lipinski definition) is 2. The van der Waals surface area contributed by atoms with Gasteiger partial charge in [-0.15, -0.1) is 0 Å². The van der Waals surface area contributed by atoms with Crippen molar-refractivity contribution in [1.29, 1.82) is 0 Å². The van der Waals surface area contributed by atoms with Gasteiger partial charge in [-0.2, -0.15) is 5.10 Å². The van der Waals surface area contributed by atoms with Crippen LogP contribution in [-0.2, 0) is 4.79 Å². The normalized spacial score (nSPS) is 21.8. The molecule has 3 aromatic rings. The minimum Gasteiger partial charge on any atom is -0.367 e. The molecule has 35 heavy (non-hydrogen) atoms. The molecule has 8 heteroatoms. The molecular formula is C27H35ClN6O. The molecule has 2 N–H and O–H groups in total. The van der Waals surface area contributed by atoms with Crippen molar-refractivity contribution in [2.75, 3.05) is 5.32 Å². The SMILES string of the molecule is CCC(C)c1nc(NC2CCC(NC(=O)C3CCCC3)CC2)c2cnn(-c3ccccc3Cl)c2n1. The number of benzene rings is 1. The van der Waals surface area contributed by atoms with E-state index in [2.05, 4.69) is 29.6 Å². The van der Waals surface area contributed by atoms with E-state index in [1.54, 1.807) is 0 Å². The standard InChI is InChI=1S/C27H35ClN6O/c1-3-17(2)24-32-25(21-16-29-34(26(21)33-24)23-11-7-6-10-22(23)28)30-19-12-14-20(15-13-19)31-27(35)18-8-4-5-9-18/h6-7,10-11,16-20H,3-5,8-9,12-15H2,1-2H3,(H,31,35)(H,30,32,33). The van der Waals surface area contributed by atoms with Crippen molar-refractivity contribution in [3.05, 3.63) is 41.3 Å². The van der Waals surface area contributed by atoms with Gasteiger partial charge in [0.1, 0.15) is 11.6 Å². The van der Waals surface area contributed by atoms with Gasteiger partial charge < -0.3 is 10.6 Å². The second kappa shape index (κ2) is 10.5. The Balaban J connectivity index is 1.34. The van der Waals surface area contributed by atoms with Crippen LogP contribution in [-0.4, -0.2) is 37.7 Å². The Bertz CT molecular complexity index is 1180. The van der Waals surface area contributed by atoms with Gasteiger partial charge in [-0.05, 0) is 57.1 Å². The number of nitrogens with one attached hydrogen (secondary N) is 2. The molecule has 1 unspecified atom stereocenters. The third-order valence-electron chi connectivity index (χ3n) is 7.72. The summed E-state index contributed by atoms with van der Waals surface area (Å²) in [5, 5.41) is 13.2. The van der Waals surface area contributed by atoms with Crippen LogP contribution in [0.25, 0.3) is 16.7 Å². The van der Waals surface area contributed by atoms with Crippen LogP contribution in [0.3, 0.4) is 0 Å². The Hall–Kier alpha value is -2.67. The van der Waals surface area contributed by atoms with Crippen LogP contribution in [0.1, 0.15) is 83.4 Å². The molecular weight excluding hydrogens is 460 g/mol. The highest BCUT2D eigenvalue weighted by Gasteiger charge is 2.28. The Morgan fingerprint density at radius 3 is 2.51 bits per heavy atom. The lowest BCUT2D eigenvalue weighted by atomic mass is 9.90. The van der Waals surface area contributed by atoms with E-state index in [1.807, 2.05) is 35.1 Å². The molecule has 0 aliphatic heterocycles. The molecule has 2 saturated carbocycles. The van der Waals surface area contributed by atoms with E-state index < -0.39 is 0 Å². The van der Waals surface area contributed by atoms with Gasteiger partial charge in [0, 0.05) is 23.9 Å². The monoisotopic (exact) mass is 494 g/mol. The van der Waals surface area contributed by atoms with Crippen molar-refractivity contribution in [1.82, 2.24) is 25.1 Å². The second-order valence-corrected chi connectivity index (χ2v) is 10.6. The number of aromatic nitrogens is 4. The lowest BCUT2D eigenvalue weighted by Crippen LogP contribution is -2.42. The highest BCUT2D eigenvalue weighted by molar-refractivity contribution is 6.32. The molecule has 1 amide bonds. The molecule has 0 radical (unpaired) electrons. The number of amides is 1. The average Bonchev–Trinajstić information content (AvgIpc) is 3.56. The smallest absolute Gasteiger partial charge is 0.223 e. The van der Waals surface area contributed by atoms with Crippen LogP contribution >= 0.6 is 11.6 Å². The van der Waals surface area contributed by atoms with Gasteiger partial charge in [0.2, 0.25) is 5.91 Å². The van der Waals surface area contributed by atoms with Crippen LogP contribution in [0.4, 0.5) is 5.82 Å². The second-order valence-electron chi connectivity index (χ2n) is 10.2. The molecule has 2 aliphatic rings. The first-order valence-electron chi connectivity index (χ1n) is 13.1. The number of fused-ring (bicyclic) bond motifs is 1. The Morgan fingerprint density at radius 2 is 1.80 bits per heavy atom. The van der Waals surface area contributed by atoms with Gasteiger partial charge in [-0.3, -0.25) is 4.79 Å². The van der Waals surface area contributed by atoms with E-state index >= 15 is 0 Å². The number of carbonyl (C=O) groups is 1. The fraction of sp³-hybridized carbons (Fsp3) is 0.556. The number of carbonyl (C=O) groups excluding carboxylic acids is 1. The topological polar surface area (TPSA) is 84.7 Å². The zero-order chi connectivity index (χ0) is 24.4.